The second-order valence-corrected chi connectivity index (χ2v) is 5.82. The maximum Gasteiger partial charge on any atom is 0.318 e. The summed E-state index contributed by atoms with van der Waals surface area (Å²) in [5.41, 5.74) is 0.769. The number of urea groups is 1. The average molecular weight is 331 g/mol. The Hall–Kier alpha value is -2.48. The van der Waals surface area contributed by atoms with E-state index >= 15 is 0 Å². The Kier molecular flexibility index (Phi) is 5.05. The Balaban J connectivity index is 1.61. The van der Waals surface area contributed by atoms with E-state index in [-0.39, 0.29) is 18.1 Å². The van der Waals surface area contributed by atoms with Gasteiger partial charge in [0.2, 0.25) is 11.7 Å². The highest BCUT2D eigenvalue weighted by Crippen LogP contribution is 2.18. The minimum atomic E-state index is -0.377. The molecule has 24 heavy (non-hydrogen) atoms. The lowest BCUT2D eigenvalue weighted by molar-refractivity contribution is 0.0521. The number of amides is 2. The van der Waals surface area contributed by atoms with Crippen molar-refractivity contribution in [3.05, 3.63) is 30.4 Å². The van der Waals surface area contributed by atoms with Crippen LogP contribution in [0.3, 0.4) is 0 Å². The van der Waals surface area contributed by atoms with Crippen LogP contribution in [0.1, 0.15) is 31.7 Å². The van der Waals surface area contributed by atoms with E-state index < -0.39 is 0 Å². The van der Waals surface area contributed by atoms with E-state index in [0.717, 1.165) is 18.4 Å². The fourth-order valence-corrected chi connectivity index (χ4v) is 2.61. The highest BCUT2D eigenvalue weighted by atomic mass is 16.5. The molecule has 1 aliphatic rings. The number of nitrogens with zero attached hydrogens (tertiary/aromatic N) is 4. The van der Waals surface area contributed by atoms with Gasteiger partial charge in [0.05, 0.1) is 0 Å². The van der Waals surface area contributed by atoms with Crippen molar-refractivity contribution in [1.29, 1.82) is 0 Å². The third-order valence-corrected chi connectivity index (χ3v) is 4.13. The van der Waals surface area contributed by atoms with Gasteiger partial charge in [0, 0.05) is 44.3 Å². The summed E-state index contributed by atoms with van der Waals surface area (Å²) in [6.45, 7) is 3.20. The maximum atomic E-state index is 12.4. The molecule has 0 spiro atoms. The number of hydrogen-bond acceptors (Lipinski definition) is 6. The van der Waals surface area contributed by atoms with Gasteiger partial charge in [-0.25, -0.2) is 4.79 Å². The first-order chi connectivity index (χ1) is 11.6. The van der Waals surface area contributed by atoms with Crippen molar-refractivity contribution in [2.45, 2.75) is 31.8 Å². The molecule has 1 saturated heterocycles. The predicted molar refractivity (Wildman–Crippen MR) is 86.1 cm³/mol. The molecular weight excluding hydrogens is 310 g/mol. The highest BCUT2D eigenvalue weighted by molar-refractivity contribution is 5.74. The summed E-state index contributed by atoms with van der Waals surface area (Å²) < 4.78 is 10.6. The number of nitrogens with one attached hydrogen (secondary N) is 1. The summed E-state index contributed by atoms with van der Waals surface area (Å²) >= 11 is 0. The van der Waals surface area contributed by atoms with Crippen molar-refractivity contribution in [2.24, 2.45) is 0 Å². The molecule has 2 aromatic heterocycles. The van der Waals surface area contributed by atoms with Crippen LogP contribution in [-0.4, -0.2) is 52.4 Å². The van der Waals surface area contributed by atoms with Crippen molar-refractivity contribution in [1.82, 2.24) is 25.3 Å². The van der Waals surface area contributed by atoms with Crippen molar-refractivity contribution in [3.63, 3.8) is 0 Å². The fourth-order valence-electron chi connectivity index (χ4n) is 2.61. The molecule has 3 heterocycles. The van der Waals surface area contributed by atoms with Gasteiger partial charge in [-0.1, -0.05) is 5.16 Å². The molecule has 0 saturated carbocycles. The maximum absolute atomic E-state index is 12.4. The van der Waals surface area contributed by atoms with Crippen LogP contribution in [0.2, 0.25) is 0 Å². The molecule has 1 atom stereocenters. The highest BCUT2D eigenvalue weighted by Gasteiger charge is 2.25. The zero-order valence-electron chi connectivity index (χ0n) is 13.8. The van der Waals surface area contributed by atoms with Crippen molar-refractivity contribution in [3.8, 4) is 11.4 Å². The van der Waals surface area contributed by atoms with Crippen LogP contribution in [0, 0.1) is 0 Å². The SMILES string of the molecule is C[C@H](NC(=O)N(C)C1CCOCC1)c1nc(-c2cccnc2)no1. The first kappa shape index (κ1) is 16.4. The Bertz CT molecular complexity index is 669. The van der Waals surface area contributed by atoms with E-state index in [9.17, 15) is 4.79 Å². The van der Waals surface area contributed by atoms with Crippen LogP contribution in [0.4, 0.5) is 4.79 Å². The van der Waals surface area contributed by atoms with Crippen LogP contribution in [0.15, 0.2) is 29.0 Å². The second-order valence-electron chi connectivity index (χ2n) is 5.82. The molecule has 1 fully saturated rings. The minimum absolute atomic E-state index is 0.157. The zero-order valence-corrected chi connectivity index (χ0v) is 13.8. The molecule has 0 aliphatic carbocycles. The minimum Gasteiger partial charge on any atom is -0.381 e. The molecule has 1 N–H and O–H groups in total. The molecule has 0 unspecified atom stereocenters. The largest absolute Gasteiger partial charge is 0.381 e. The first-order valence-electron chi connectivity index (χ1n) is 8.00. The second kappa shape index (κ2) is 7.39. The fraction of sp³-hybridized carbons (Fsp3) is 0.500. The number of carbonyl (C=O) groups is 1. The number of carbonyl (C=O) groups excluding carboxylic acids is 1. The molecular formula is C16H21N5O3. The van der Waals surface area contributed by atoms with E-state index in [1.165, 1.54) is 0 Å². The van der Waals surface area contributed by atoms with Gasteiger partial charge in [-0.2, -0.15) is 4.98 Å². The van der Waals surface area contributed by atoms with Gasteiger partial charge in [0.1, 0.15) is 6.04 Å². The van der Waals surface area contributed by atoms with E-state index in [0.29, 0.717) is 24.9 Å². The van der Waals surface area contributed by atoms with Gasteiger partial charge in [-0.15, -0.1) is 0 Å². The molecule has 3 rings (SSSR count). The lowest BCUT2D eigenvalue weighted by atomic mass is 10.1. The molecule has 0 aromatic carbocycles. The summed E-state index contributed by atoms with van der Waals surface area (Å²) in [5.74, 6) is 0.819. The van der Waals surface area contributed by atoms with Crippen LogP contribution in [0.25, 0.3) is 11.4 Å². The van der Waals surface area contributed by atoms with E-state index in [4.69, 9.17) is 9.26 Å². The molecule has 1 aliphatic heterocycles. The van der Waals surface area contributed by atoms with Crippen LogP contribution in [0.5, 0.6) is 0 Å². The molecule has 0 bridgehead atoms. The van der Waals surface area contributed by atoms with Crippen molar-refractivity contribution < 1.29 is 14.1 Å². The van der Waals surface area contributed by atoms with E-state index in [1.54, 1.807) is 30.4 Å². The summed E-state index contributed by atoms with van der Waals surface area (Å²) in [4.78, 5) is 22.5. The van der Waals surface area contributed by atoms with Gasteiger partial charge in [-0.3, -0.25) is 4.98 Å². The molecule has 2 aromatic rings. The van der Waals surface area contributed by atoms with Crippen LogP contribution in [-0.2, 0) is 4.74 Å². The van der Waals surface area contributed by atoms with Crippen LogP contribution < -0.4 is 5.32 Å². The van der Waals surface area contributed by atoms with Gasteiger partial charge < -0.3 is 19.5 Å². The van der Waals surface area contributed by atoms with Gasteiger partial charge in [0.25, 0.3) is 0 Å². The monoisotopic (exact) mass is 331 g/mol. The molecule has 2 amide bonds. The summed E-state index contributed by atoms with van der Waals surface area (Å²) in [6, 6.07) is 3.32. The van der Waals surface area contributed by atoms with Gasteiger partial charge in [0.15, 0.2) is 0 Å². The Morgan fingerprint density at radius 1 is 1.42 bits per heavy atom. The number of aromatic nitrogens is 3. The normalized spacial score (nSPS) is 16.6. The number of ether oxygens (including phenoxy) is 1. The van der Waals surface area contributed by atoms with E-state index in [1.807, 2.05) is 13.0 Å². The Labute approximate surface area is 140 Å². The van der Waals surface area contributed by atoms with Gasteiger partial charge >= 0.3 is 6.03 Å². The number of pyridine rings is 1. The zero-order chi connectivity index (χ0) is 16.9. The number of rotatable bonds is 4. The lowest BCUT2D eigenvalue weighted by Crippen LogP contribution is -2.46. The van der Waals surface area contributed by atoms with Gasteiger partial charge in [-0.05, 0) is 31.9 Å². The average Bonchev–Trinajstić information content (AvgIpc) is 3.13. The Morgan fingerprint density at radius 3 is 2.92 bits per heavy atom. The third-order valence-electron chi connectivity index (χ3n) is 4.13. The first-order valence-corrected chi connectivity index (χ1v) is 8.00. The summed E-state index contributed by atoms with van der Waals surface area (Å²) in [5, 5.41) is 6.83. The lowest BCUT2D eigenvalue weighted by Gasteiger charge is -2.31. The molecule has 0 radical (unpaired) electrons. The standard InChI is InChI=1S/C16H21N5O3/c1-11(18-16(22)21(2)13-5-8-23-9-6-13)15-19-14(20-24-15)12-4-3-7-17-10-12/h3-4,7,10-11,13H,5-6,8-9H2,1-2H3,(H,18,22)/t11-/m0/s1. The van der Waals surface area contributed by atoms with Crippen LogP contribution >= 0.6 is 0 Å². The smallest absolute Gasteiger partial charge is 0.318 e. The van der Waals surface area contributed by atoms with Crippen molar-refractivity contribution in [2.75, 3.05) is 20.3 Å². The summed E-state index contributed by atoms with van der Waals surface area (Å²) in [7, 11) is 1.80. The van der Waals surface area contributed by atoms with E-state index in [2.05, 4.69) is 20.4 Å². The quantitative estimate of drug-likeness (QED) is 0.921. The predicted octanol–water partition coefficient (Wildman–Crippen LogP) is 2.01. The van der Waals surface area contributed by atoms with Crippen molar-refractivity contribution >= 4 is 6.03 Å². The number of hydrogen-bond donors (Lipinski definition) is 1. The third kappa shape index (κ3) is 3.70. The topological polar surface area (TPSA) is 93.4 Å². The Morgan fingerprint density at radius 2 is 2.21 bits per heavy atom. The molecule has 8 nitrogen and oxygen atoms in total. The molecule has 128 valence electrons. The summed E-state index contributed by atoms with van der Waals surface area (Å²) in [6.07, 6.45) is 5.05. The molecule has 8 heteroatoms.